The lowest BCUT2D eigenvalue weighted by atomic mass is 10.4. The van der Waals surface area contributed by atoms with Gasteiger partial charge in [0.25, 0.3) is 10.0 Å². The second kappa shape index (κ2) is 6.75. The van der Waals surface area contributed by atoms with E-state index in [0.29, 0.717) is 31.9 Å². The molecule has 1 aromatic heterocycles. The maximum Gasteiger partial charge on any atom is 0.273 e. The van der Waals surface area contributed by atoms with Gasteiger partial charge in [-0.25, -0.2) is 13.1 Å². The number of nitrogens with one attached hydrogen (secondary N) is 2. The molecule has 2 N–H and O–H groups in total. The fourth-order valence-corrected chi connectivity index (χ4v) is 2.29. The number of hydrogen-bond donors (Lipinski definition) is 2. The highest BCUT2D eigenvalue weighted by molar-refractivity contribution is 7.89. The highest BCUT2D eigenvalue weighted by Gasteiger charge is 2.17. The van der Waals surface area contributed by atoms with Gasteiger partial charge in [-0.15, -0.1) is 0 Å². The molecule has 0 fully saturated rings. The molecule has 0 aliphatic carbocycles. The molecule has 0 unspecified atom stereocenters. The highest BCUT2D eigenvalue weighted by atomic mass is 32.2. The van der Waals surface area contributed by atoms with Crippen LogP contribution in [0.25, 0.3) is 0 Å². The summed E-state index contributed by atoms with van der Waals surface area (Å²) in [5, 5.41) is 2.83. The summed E-state index contributed by atoms with van der Waals surface area (Å²) in [5.41, 5.74) is 0. The number of sulfonamides is 1. The van der Waals surface area contributed by atoms with Crippen LogP contribution in [0, 0.1) is 0 Å². The highest BCUT2D eigenvalue weighted by Crippen LogP contribution is 2.13. The van der Waals surface area contributed by atoms with Crippen LogP contribution in [0.5, 0.6) is 0 Å². The molecular formula is C10H18N2O4S. The van der Waals surface area contributed by atoms with E-state index >= 15 is 0 Å². The lowest BCUT2D eigenvalue weighted by Crippen LogP contribution is -2.25. The Labute approximate surface area is 101 Å². The van der Waals surface area contributed by atoms with Crippen LogP contribution in [-0.4, -0.2) is 35.7 Å². The molecule has 7 heteroatoms. The van der Waals surface area contributed by atoms with Gasteiger partial charge in [-0.2, -0.15) is 0 Å². The molecule has 0 aromatic carbocycles. The van der Waals surface area contributed by atoms with Gasteiger partial charge in [-0.05, 0) is 25.6 Å². The second-order valence-electron chi connectivity index (χ2n) is 3.50. The van der Waals surface area contributed by atoms with Crippen molar-refractivity contribution >= 4 is 10.0 Å². The fourth-order valence-electron chi connectivity index (χ4n) is 1.27. The monoisotopic (exact) mass is 262 g/mol. The van der Waals surface area contributed by atoms with E-state index in [9.17, 15) is 8.42 Å². The Morgan fingerprint density at radius 1 is 1.41 bits per heavy atom. The Kier molecular flexibility index (Phi) is 5.63. The minimum absolute atomic E-state index is 0.0554. The number of methoxy groups -OCH3 is 1. The molecule has 0 bridgehead atoms. The SMILES string of the molecule is CNCc1ccc(S(=O)(=O)NCCCOC)o1. The van der Waals surface area contributed by atoms with Gasteiger partial charge in [-0.3, -0.25) is 0 Å². The van der Waals surface area contributed by atoms with E-state index in [4.69, 9.17) is 9.15 Å². The van der Waals surface area contributed by atoms with Crippen molar-refractivity contribution in [3.05, 3.63) is 17.9 Å². The first-order valence-corrected chi connectivity index (χ1v) is 6.80. The van der Waals surface area contributed by atoms with Crippen molar-refractivity contribution in [2.75, 3.05) is 27.3 Å². The van der Waals surface area contributed by atoms with Gasteiger partial charge < -0.3 is 14.5 Å². The van der Waals surface area contributed by atoms with Crippen LogP contribution in [-0.2, 0) is 21.3 Å². The maximum atomic E-state index is 11.7. The zero-order valence-corrected chi connectivity index (χ0v) is 10.8. The van der Waals surface area contributed by atoms with E-state index in [0.717, 1.165) is 0 Å². The minimum atomic E-state index is -3.54. The van der Waals surface area contributed by atoms with Crippen molar-refractivity contribution in [3.8, 4) is 0 Å². The lowest BCUT2D eigenvalue weighted by molar-refractivity contribution is 0.196. The normalized spacial score (nSPS) is 11.9. The molecule has 1 aromatic rings. The van der Waals surface area contributed by atoms with Gasteiger partial charge in [0, 0.05) is 20.3 Å². The van der Waals surface area contributed by atoms with Crippen molar-refractivity contribution in [3.63, 3.8) is 0 Å². The second-order valence-corrected chi connectivity index (χ2v) is 5.19. The molecule has 17 heavy (non-hydrogen) atoms. The largest absolute Gasteiger partial charge is 0.447 e. The average Bonchev–Trinajstić information content (AvgIpc) is 2.74. The number of ether oxygens (including phenoxy) is 1. The molecule has 98 valence electrons. The number of rotatable bonds is 8. The predicted molar refractivity (Wildman–Crippen MR) is 63.2 cm³/mol. The van der Waals surface area contributed by atoms with Crippen LogP contribution >= 0.6 is 0 Å². The molecule has 0 spiro atoms. The zero-order valence-electron chi connectivity index (χ0n) is 10.0. The van der Waals surface area contributed by atoms with Crippen LogP contribution in [0.3, 0.4) is 0 Å². The van der Waals surface area contributed by atoms with E-state index in [-0.39, 0.29) is 5.09 Å². The van der Waals surface area contributed by atoms with Crippen LogP contribution in [0.4, 0.5) is 0 Å². The van der Waals surface area contributed by atoms with Gasteiger partial charge in [-0.1, -0.05) is 0 Å². The maximum absolute atomic E-state index is 11.7. The molecule has 0 aliphatic heterocycles. The smallest absolute Gasteiger partial charge is 0.273 e. The Bertz CT molecular complexity index is 427. The van der Waals surface area contributed by atoms with E-state index in [1.807, 2.05) is 0 Å². The summed E-state index contributed by atoms with van der Waals surface area (Å²) in [4.78, 5) is 0. The van der Waals surface area contributed by atoms with Gasteiger partial charge in [0.1, 0.15) is 5.76 Å². The molecule has 0 saturated heterocycles. The first-order chi connectivity index (χ1) is 8.10. The molecule has 0 atom stereocenters. The third kappa shape index (κ3) is 4.47. The zero-order chi connectivity index (χ0) is 12.7. The van der Waals surface area contributed by atoms with Crippen LogP contribution in [0.15, 0.2) is 21.6 Å². The van der Waals surface area contributed by atoms with Gasteiger partial charge >= 0.3 is 0 Å². The summed E-state index contributed by atoms with van der Waals surface area (Å²) in [6.07, 6.45) is 0.625. The van der Waals surface area contributed by atoms with Crippen LogP contribution < -0.4 is 10.0 Å². The third-order valence-electron chi connectivity index (χ3n) is 2.07. The van der Waals surface area contributed by atoms with E-state index in [1.165, 1.54) is 6.07 Å². The van der Waals surface area contributed by atoms with Crippen molar-refractivity contribution < 1.29 is 17.6 Å². The van der Waals surface area contributed by atoms with Gasteiger partial charge in [0.05, 0.1) is 6.54 Å². The lowest BCUT2D eigenvalue weighted by Gasteiger charge is -2.03. The van der Waals surface area contributed by atoms with Crippen LogP contribution in [0.2, 0.25) is 0 Å². The van der Waals surface area contributed by atoms with Crippen LogP contribution in [0.1, 0.15) is 12.2 Å². The first-order valence-electron chi connectivity index (χ1n) is 5.32. The van der Waals surface area contributed by atoms with E-state index < -0.39 is 10.0 Å². The van der Waals surface area contributed by atoms with Crippen molar-refractivity contribution in [2.24, 2.45) is 0 Å². The van der Waals surface area contributed by atoms with E-state index in [1.54, 1.807) is 20.2 Å². The minimum Gasteiger partial charge on any atom is -0.447 e. The van der Waals surface area contributed by atoms with Gasteiger partial charge in [0.15, 0.2) is 0 Å². The van der Waals surface area contributed by atoms with Gasteiger partial charge in [0.2, 0.25) is 5.09 Å². The predicted octanol–water partition coefficient (Wildman–Crippen LogP) is 0.314. The number of furan rings is 1. The molecule has 1 rings (SSSR count). The molecule has 6 nitrogen and oxygen atoms in total. The molecule has 0 radical (unpaired) electrons. The summed E-state index contributed by atoms with van der Waals surface area (Å²) < 4.78 is 36.0. The van der Waals surface area contributed by atoms with Crippen molar-refractivity contribution in [1.29, 1.82) is 0 Å². The molecular weight excluding hydrogens is 244 g/mol. The topological polar surface area (TPSA) is 80.6 Å². The number of hydrogen-bond acceptors (Lipinski definition) is 5. The summed E-state index contributed by atoms with van der Waals surface area (Å²) in [7, 11) is -0.200. The average molecular weight is 262 g/mol. The summed E-state index contributed by atoms with van der Waals surface area (Å²) >= 11 is 0. The summed E-state index contributed by atoms with van der Waals surface area (Å²) in [6, 6.07) is 3.09. The standard InChI is InChI=1S/C10H18N2O4S/c1-11-8-9-4-5-10(16-9)17(13,14)12-6-3-7-15-2/h4-5,11-12H,3,6-8H2,1-2H3. The molecule has 0 aliphatic rings. The Balaban J connectivity index is 2.56. The first kappa shape index (κ1) is 14.2. The van der Waals surface area contributed by atoms with Crippen molar-refractivity contribution in [1.82, 2.24) is 10.0 Å². The molecule has 1 heterocycles. The summed E-state index contributed by atoms with van der Waals surface area (Å²) in [6.45, 7) is 1.35. The van der Waals surface area contributed by atoms with E-state index in [2.05, 4.69) is 10.0 Å². The Morgan fingerprint density at radius 3 is 2.82 bits per heavy atom. The Hall–Kier alpha value is -0.890. The third-order valence-corrected chi connectivity index (χ3v) is 3.40. The molecule has 0 amide bonds. The quantitative estimate of drug-likeness (QED) is 0.659. The summed E-state index contributed by atoms with van der Waals surface area (Å²) in [5.74, 6) is 0.588. The van der Waals surface area contributed by atoms with Crippen molar-refractivity contribution in [2.45, 2.75) is 18.1 Å². The Morgan fingerprint density at radius 2 is 2.18 bits per heavy atom. The molecule has 0 saturated carbocycles. The fraction of sp³-hybridized carbons (Fsp3) is 0.600.